The minimum Gasteiger partial charge on any atom is -0.288 e. The van der Waals surface area contributed by atoms with Gasteiger partial charge in [0.2, 0.25) is 0 Å². The van der Waals surface area contributed by atoms with Crippen molar-refractivity contribution in [2.75, 3.05) is 5.32 Å². The van der Waals surface area contributed by atoms with Crippen molar-refractivity contribution in [1.29, 1.82) is 0 Å². The summed E-state index contributed by atoms with van der Waals surface area (Å²) < 4.78 is 40.2. The van der Waals surface area contributed by atoms with Crippen LogP contribution in [0.25, 0.3) is 15.0 Å². The van der Waals surface area contributed by atoms with Crippen molar-refractivity contribution >= 4 is 38.2 Å². The summed E-state index contributed by atoms with van der Waals surface area (Å²) in [6.45, 7) is 0. The molecule has 0 aliphatic rings. The summed E-state index contributed by atoms with van der Waals surface area (Å²) in [4.78, 5) is 28.2. The number of hydrogen-bond acceptors (Lipinski definition) is 7. The first kappa shape index (κ1) is 16.1. The van der Waals surface area contributed by atoms with Crippen LogP contribution in [0.3, 0.4) is 0 Å². The van der Waals surface area contributed by atoms with Crippen LogP contribution in [0.15, 0.2) is 29.2 Å². The maximum atomic E-state index is 13.0. The lowest BCUT2D eigenvalue weighted by Crippen LogP contribution is -2.21. The molecule has 0 saturated heterocycles. The van der Waals surface area contributed by atoms with Crippen molar-refractivity contribution in [2.45, 2.75) is 6.18 Å². The lowest BCUT2D eigenvalue weighted by Gasteiger charge is -2.06. The van der Waals surface area contributed by atoms with Gasteiger partial charge < -0.3 is 0 Å². The average Bonchev–Trinajstić information content (AvgIpc) is 3.21. The SMILES string of the molecule is O=C(Nc1nn[nH]n1)c1cnc(=O)n2c1sc1ccc(C(F)(F)F)cc12. The number of thiazole rings is 1. The molecule has 9 nitrogen and oxygen atoms in total. The van der Waals surface area contributed by atoms with Gasteiger partial charge in [-0.05, 0) is 23.4 Å². The highest BCUT2D eigenvalue weighted by molar-refractivity contribution is 7.24. The molecule has 26 heavy (non-hydrogen) atoms. The van der Waals surface area contributed by atoms with Crippen molar-refractivity contribution < 1.29 is 18.0 Å². The van der Waals surface area contributed by atoms with E-state index in [1.807, 2.05) is 0 Å². The number of carbonyl (C=O) groups is 1. The van der Waals surface area contributed by atoms with E-state index in [0.717, 1.165) is 34.1 Å². The van der Waals surface area contributed by atoms with Crippen LogP contribution in [0, 0.1) is 0 Å². The molecule has 0 radical (unpaired) electrons. The van der Waals surface area contributed by atoms with E-state index in [4.69, 9.17) is 0 Å². The molecule has 1 aromatic carbocycles. The summed E-state index contributed by atoms with van der Waals surface area (Å²) in [7, 11) is 0. The molecule has 0 bridgehead atoms. The largest absolute Gasteiger partial charge is 0.416 e. The number of nitrogens with zero attached hydrogens (tertiary/aromatic N) is 5. The Kier molecular flexibility index (Phi) is 3.47. The maximum Gasteiger partial charge on any atom is 0.416 e. The Morgan fingerprint density at radius 3 is 2.81 bits per heavy atom. The van der Waals surface area contributed by atoms with Gasteiger partial charge in [0.25, 0.3) is 11.9 Å². The van der Waals surface area contributed by atoms with Crippen molar-refractivity contribution in [1.82, 2.24) is 30.0 Å². The second kappa shape index (κ2) is 5.59. The van der Waals surface area contributed by atoms with Crippen LogP contribution in [0.4, 0.5) is 19.1 Å². The first-order valence-electron chi connectivity index (χ1n) is 6.91. The number of aromatic amines is 1. The number of hydrogen-bond donors (Lipinski definition) is 2. The number of fused-ring (bicyclic) bond motifs is 3. The molecule has 0 aliphatic heterocycles. The summed E-state index contributed by atoms with van der Waals surface area (Å²) in [6, 6.07) is 3.01. The summed E-state index contributed by atoms with van der Waals surface area (Å²) in [5.74, 6) is -0.779. The number of nitrogens with one attached hydrogen (secondary N) is 2. The fraction of sp³-hybridized carbons (Fsp3) is 0.0769. The molecule has 132 valence electrons. The van der Waals surface area contributed by atoms with E-state index in [0.29, 0.717) is 4.70 Å². The standard InChI is InChI=1S/C13H6F3N7O2S/c14-13(15,16)5-1-2-8-7(3-5)23-10(26-8)6(4-17-12(23)25)9(24)18-11-19-21-22-20-11/h1-4H,(H2,18,19,20,21,22,24). The van der Waals surface area contributed by atoms with Crippen molar-refractivity contribution in [2.24, 2.45) is 0 Å². The summed E-state index contributed by atoms with van der Waals surface area (Å²) in [5.41, 5.74) is -1.68. The second-order valence-corrected chi connectivity index (χ2v) is 6.10. The van der Waals surface area contributed by atoms with Gasteiger partial charge in [-0.15, -0.1) is 16.4 Å². The maximum absolute atomic E-state index is 13.0. The number of rotatable bonds is 2. The van der Waals surface area contributed by atoms with Crippen LogP contribution >= 0.6 is 11.3 Å². The summed E-state index contributed by atoms with van der Waals surface area (Å²) >= 11 is 0.993. The lowest BCUT2D eigenvalue weighted by atomic mass is 10.2. The molecule has 0 fully saturated rings. The molecular formula is C13H6F3N7O2S. The zero-order valence-electron chi connectivity index (χ0n) is 12.4. The smallest absolute Gasteiger partial charge is 0.288 e. The van der Waals surface area contributed by atoms with E-state index < -0.39 is 23.3 Å². The molecule has 0 aliphatic carbocycles. The summed E-state index contributed by atoms with van der Waals surface area (Å²) in [6.07, 6.45) is -3.51. The van der Waals surface area contributed by atoms with Gasteiger partial charge in [-0.3, -0.25) is 10.1 Å². The van der Waals surface area contributed by atoms with Gasteiger partial charge >= 0.3 is 11.9 Å². The average molecular weight is 381 g/mol. The quantitative estimate of drug-likeness (QED) is 0.546. The van der Waals surface area contributed by atoms with Gasteiger partial charge in [-0.25, -0.2) is 14.2 Å². The van der Waals surface area contributed by atoms with Gasteiger partial charge in [0.05, 0.1) is 21.3 Å². The fourth-order valence-electron chi connectivity index (χ4n) is 2.35. The van der Waals surface area contributed by atoms with Gasteiger partial charge in [0.15, 0.2) is 0 Å². The molecule has 3 aromatic heterocycles. The molecule has 1 amide bonds. The van der Waals surface area contributed by atoms with E-state index >= 15 is 0 Å². The van der Waals surface area contributed by atoms with Crippen molar-refractivity contribution in [3.05, 3.63) is 46.0 Å². The molecule has 4 aromatic rings. The van der Waals surface area contributed by atoms with E-state index in [9.17, 15) is 22.8 Å². The zero-order valence-corrected chi connectivity index (χ0v) is 13.2. The van der Waals surface area contributed by atoms with Gasteiger partial charge in [-0.2, -0.15) is 18.4 Å². The van der Waals surface area contributed by atoms with E-state index in [1.165, 1.54) is 6.07 Å². The molecule has 0 atom stereocenters. The molecule has 2 N–H and O–H groups in total. The highest BCUT2D eigenvalue weighted by atomic mass is 32.1. The number of H-pyrrole nitrogens is 1. The molecule has 4 rings (SSSR count). The Hall–Kier alpha value is -3.35. The first-order chi connectivity index (χ1) is 12.3. The van der Waals surface area contributed by atoms with E-state index in [2.05, 4.69) is 30.9 Å². The van der Waals surface area contributed by atoms with Crippen LogP contribution < -0.4 is 11.0 Å². The Balaban J connectivity index is 1.92. The number of amides is 1. The predicted molar refractivity (Wildman–Crippen MR) is 84.0 cm³/mol. The Morgan fingerprint density at radius 2 is 2.12 bits per heavy atom. The molecular weight excluding hydrogens is 375 g/mol. The first-order valence-corrected chi connectivity index (χ1v) is 7.72. The van der Waals surface area contributed by atoms with Crippen molar-refractivity contribution in [3.8, 4) is 0 Å². The monoisotopic (exact) mass is 381 g/mol. The van der Waals surface area contributed by atoms with Gasteiger partial charge in [-0.1, -0.05) is 5.10 Å². The second-order valence-electron chi connectivity index (χ2n) is 5.07. The van der Waals surface area contributed by atoms with Crippen LogP contribution in [-0.4, -0.2) is 35.9 Å². The molecule has 0 spiro atoms. The van der Waals surface area contributed by atoms with Crippen LogP contribution in [0.5, 0.6) is 0 Å². The Bertz CT molecular complexity index is 1200. The van der Waals surface area contributed by atoms with Gasteiger partial charge in [0.1, 0.15) is 4.83 Å². The third-order valence-corrected chi connectivity index (χ3v) is 4.64. The molecule has 3 heterocycles. The topological polar surface area (TPSA) is 118 Å². The number of benzene rings is 1. The number of halogens is 3. The predicted octanol–water partition coefficient (Wildman–Crippen LogP) is 1.69. The number of anilines is 1. The molecule has 0 unspecified atom stereocenters. The highest BCUT2D eigenvalue weighted by Crippen LogP contribution is 2.34. The number of tetrazole rings is 1. The number of aromatic nitrogens is 6. The zero-order chi connectivity index (χ0) is 18.5. The minimum absolute atomic E-state index is 0.0100. The van der Waals surface area contributed by atoms with Crippen LogP contribution in [-0.2, 0) is 6.18 Å². The molecule has 13 heteroatoms. The highest BCUT2D eigenvalue weighted by Gasteiger charge is 2.31. The Morgan fingerprint density at radius 1 is 1.31 bits per heavy atom. The Labute approximate surface area is 144 Å². The molecule has 0 saturated carbocycles. The van der Waals surface area contributed by atoms with Crippen LogP contribution in [0.1, 0.15) is 15.9 Å². The lowest BCUT2D eigenvalue weighted by molar-refractivity contribution is -0.137. The van der Waals surface area contributed by atoms with Gasteiger partial charge in [0, 0.05) is 6.20 Å². The van der Waals surface area contributed by atoms with Crippen molar-refractivity contribution in [3.63, 3.8) is 0 Å². The fourth-order valence-corrected chi connectivity index (χ4v) is 3.47. The normalized spacial score (nSPS) is 12.0. The minimum atomic E-state index is -4.56. The van der Waals surface area contributed by atoms with E-state index in [1.54, 1.807) is 0 Å². The summed E-state index contributed by atoms with van der Waals surface area (Å²) in [5, 5.41) is 14.9. The number of alkyl halides is 3. The van der Waals surface area contributed by atoms with Crippen LogP contribution in [0.2, 0.25) is 0 Å². The third-order valence-electron chi connectivity index (χ3n) is 3.48. The number of carbonyl (C=O) groups excluding carboxylic acids is 1. The third kappa shape index (κ3) is 2.57. The van der Waals surface area contributed by atoms with E-state index in [-0.39, 0.29) is 21.9 Å².